The number of carbonyl (C=O) groups excluding carboxylic acids is 1. The first-order chi connectivity index (χ1) is 9.02. The van der Waals surface area contributed by atoms with Gasteiger partial charge in [0.1, 0.15) is 5.75 Å². The molecule has 2 aromatic carbocycles. The number of ketones is 1. The molecule has 0 heterocycles. The summed E-state index contributed by atoms with van der Waals surface area (Å²) in [7, 11) is 1.54. The van der Waals surface area contributed by atoms with Crippen molar-refractivity contribution in [2.24, 2.45) is 0 Å². The van der Waals surface area contributed by atoms with Crippen LogP contribution in [-0.4, -0.2) is 12.9 Å². The first-order valence-electron chi connectivity index (χ1n) is 5.67. The third-order valence-corrected chi connectivity index (χ3v) is 3.74. The van der Waals surface area contributed by atoms with Gasteiger partial charge >= 0.3 is 0 Å². The Bertz CT molecular complexity index is 638. The van der Waals surface area contributed by atoms with Crippen LogP contribution in [0.5, 0.6) is 5.75 Å². The average molecular weight is 340 g/mol. The van der Waals surface area contributed by atoms with Gasteiger partial charge in [-0.3, -0.25) is 4.79 Å². The van der Waals surface area contributed by atoms with E-state index in [4.69, 9.17) is 16.3 Å². The number of aryl methyl sites for hydroxylation is 1. The van der Waals surface area contributed by atoms with Crippen LogP contribution in [0, 0.1) is 6.92 Å². The van der Waals surface area contributed by atoms with E-state index in [2.05, 4.69) is 15.9 Å². The Kier molecular flexibility index (Phi) is 4.27. The number of benzene rings is 2. The second-order valence-corrected chi connectivity index (χ2v) is 5.46. The minimum atomic E-state index is -0.105. The van der Waals surface area contributed by atoms with Gasteiger partial charge in [-0.05, 0) is 36.8 Å². The second-order valence-electron chi connectivity index (χ2n) is 4.14. The van der Waals surface area contributed by atoms with E-state index in [0.29, 0.717) is 21.9 Å². The van der Waals surface area contributed by atoms with Gasteiger partial charge in [-0.2, -0.15) is 0 Å². The summed E-state index contributed by atoms with van der Waals surface area (Å²) in [4.78, 5) is 12.4. The number of carbonyl (C=O) groups is 1. The molecule has 2 nitrogen and oxygen atoms in total. The zero-order valence-electron chi connectivity index (χ0n) is 10.5. The van der Waals surface area contributed by atoms with Crippen molar-refractivity contribution in [3.05, 3.63) is 62.6 Å². The molecule has 0 aliphatic heterocycles. The fraction of sp³-hybridized carbons (Fsp3) is 0.133. The Morgan fingerprint density at radius 3 is 2.58 bits per heavy atom. The number of halogens is 2. The van der Waals surface area contributed by atoms with Crippen molar-refractivity contribution in [3.63, 3.8) is 0 Å². The van der Waals surface area contributed by atoms with Crippen molar-refractivity contribution in [3.8, 4) is 5.75 Å². The van der Waals surface area contributed by atoms with Crippen LogP contribution in [0.4, 0.5) is 0 Å². The van der Waals surface area contributed by atoms with Crippen molar-refractivity contribution in [1.29, 1.82) is 0 Å². The van der Waals surface area contributed by atoms with Crippen molar-refractivity contribution in [2.45, 2.75) is 6.92 Å². The molecule has 2 rings (SSSR count). The highest BCUT2D eigenvalue weighted by Crippen LogP contribution is 2.27. The SMILES string of the molecule is COc1cc(Br)ccc1C(=O)c1ccc(C)c(Cl)c1. The van der Waals surface area contributed by atoms with E-state index in [1.807, 2.05) is 19.1 Å². The van der Waals surface area contributed by atoms with Crippen LogP contribution in [0.1, 0.15) is 21.5 Å². The predicted molar refractivity (Wildman–Crippen MR) is 80.3 cm³/mol. The molecule has 0 aromatic heterocycles. The van der Waals surface area contributed by atoms with E-state index in [1.165, 1.54) is 0 Å². The molecular formula is C15H12BrClO2. The lowest BCUT2D eigenvalue weighted by Crippen LogP contribution is -2.04. The minimum Gasteiger partial charge on any atom is -0.496 e. The van der Waals surface area contributed by atoms with Crippen LogP contribution in [0.15, 0.2) is 40.9 Å². The highest BCUT2D eigenvalue weighted by atomic mass is 79.9. The van der Waals surface area contributed by atoms with E-state index >= 15 is 0 Å². The number of ether oxygens (including phenoxy) is 1. The molecule has 0 amide bonds. The smallest absolute Gasteiger partial charge is 0.196 e. The summed E-state index contributed by atoms with van der Waals surface area (Å²) in [6.07, 6.45) is 0. The molecule has 0 saturated carbocycles. The molecule has 0 atom stereocenters. The monoisotopic (exact) mass is 338 g/mol. The standard InChI is InChI=1S/C15H12BrClO2/c1-9-3-4-10(7-13(9)17)15(18)12-6-5-11(16)8-14(12)19-2/h3-8H,1-2H3. The Hall–Kier alpha value is -1.32. The molecule has 0 saturated heterocycles. The lowest BCUT2D eigenvalue weighted by atomic mass is 10.0. The lowest BCUT2D eigenvalue weighted by molar-refractivity contribution is 0.103. The number of hydrogen-bond acceptors (Lipinski definition) is 2. The van der Waals surface area contributed by atoms with Crippen molar-refractivity contribution in [2.75, 3.05) is 7.11 Å². The Morgan fingerprint density at radius 1 is 1.21 bits per heavy atom. The largest absolute Gasteiger partial charge is 0.496 e. The molecule has 0 radical (unpaired) electrons. The first-order valence-corrected chi connectivity index (χ1v) is 6.84. The van der Waals surface area contributed by atoms with E-state index in [1.54, 1.807) is 31.4 Å². The summed E-state index contributed by atoms with van der Waals surface area (Å²) in [5, 5.41) is 0.585. The maximum Gasteiger partial charge on any atom is 0.196 e. The van der Waals surface area contributed by atoms with Crippen LogP contribution in [0.3, 0.4) is 0 Å². The fourth-order valence-corrected chi connectivity index (χ4v) is 2.26. The maximum absolute atomic E-state index is 12.4. The molecule has 0 unspecified atom stereocenters. The highest BCUT2D eigenvalue weighted by Gasteiger charge is 2.15. The molecular weight excluding hydrogens is 328 g/mol. The van der Waals surface area contributed by atoms with Crippen LogP contribution >= 0.6 is 27.5 Å². The molecule has 19 heavy (non-hydrogen) atoms. The normalized spacial score (nSPS) is 10.3. The molecule has 4 heteroatoms. The van der Waals surface area contributed by atoms with Gasteiger partial charge in [0.05, 0.1) is 12.7 Å². The predicted octanol–water partition coefficient (Wildman–Crippen LogP) is 4.65. The van der Waals surface area contributed by atoms with Crippen LogP contribution < -0.4 is 4.74 Å². The van der Waals surface area contributed by atoms with Crippen LogP contribution in [-0.2, 0) is 0 Å². The van der Waals surface area contributed by atoms with Gasteiger partial charge in [0.15, 0.2) is 5.78 Å². The fourth-order valence-electron chi connectivity index (χ4n) is 1.74. The Morgan fingerprint density at radius 2 is 1.95 bits per heavy atom. The number of hydrogen-bond donors (Lipinski definition) is 0. The molecule has 2 aromatic rings. The third-order valence-electron chi connectivity index (χ3n) is 2.84. The second kappa shape index (κ2) is 5.76. The summed E-state index contributed by atoms with van der Waals surface area (Å²) in [6, 6.07) is 10.6. The van der Waals surface area contributed by atoms with Gasteiger partial charge in [-0.1, -0.05) is 39.7 Å². The average Bonchev–Trinajstić information content (AvgIpc) is 2.41. The van der Waals surface area contributed by atoms with Crippen molar-refractivity contribution in [1.82, 2.24) is 0 Å². The van der Waals surface area contributed by atoms with Gasteiger partial charge in [-0.25, -0.2) is 0 Å². The Balaban J connectivity index is 2.46. The van der Waals surface area contributed by atoms with Crippen LogP contribution in [0.2, 0.25) is 5.02 Å². The van der Waals surface area contributed by atoms with E-state index < -0.39 is 0 Å². The van der Waals surface area contributed by atoms with Gasteiger partial charge in [0.2, 0.25) is 0 Å². The van der Waals surface area contributed by atoms with Crippen LogP contribution in [0.25, 0.3) is 0 Å². The molecule has 98 valence electrons. The van der Waals surface area contributed by atoms with E-state index in [9.17, 15) is 4.79 Å². The summed E-state index contributed by atoms with van der Waals surface area (Å²) in [5.41, 5.74) is 2.02. The zero-order chi connectivity index (χ0) is 14.0. The molecule has 0 aliphatic rings. The first kappa shape index (κ1) is 14.1. The van der Waals surface area contributed by atoms with Gasteiger partial charge < -0.3 is 4.74 Å². The summed E-state index contributed by atoms with van der Waals surface area (Å²) in [6.45, 7) is 1.90. The maximum atomic E-state index is 12.4. The summed E-state index contributed by atoms with van der Waals surface area (Å²) < 4.78 is 6.10. The number of methoxy groups -OCH3 is 1. The van der Waals surface area contributed by atoms with Gasteiger partial charge in [0.25, 0.3) is 0 Å². The summed E-state index contributed by atoms with van der Waals surface area (Å²) in [5.74, 6) is 0.433. The van der Waals surface area contributed by atoms with E-state index in [0.717, 1.165) is 10.0 Å². The van der Waals surface area contributed by atoms with Crippen molar-refractivity contribution >= 4 is 33.3 Å². The lowest BCUT2D eigenvalue weighted by Gasteiger charge is -2.09. The zero-order valence-corrected chi connectivity index (χ0v) is 12.9. The Labute approximate surface area is 125 Å². The van der Waals surface area contributed by atoms with Gasteiger partial charge in [-0.15, -0.1) is 0 Å². The molecule has 0 aliphatic carbocycles. The third kappa shape index (κ3) is 2.99. The molecule has 0 fully saturated rings. The molecule has 0 bridgehead atoms. The van der Waals surface area contributed by atoms with Crippen molar-refractivity contribution < 1.29 is 9.53 Å². The van der Waals surface area contributed by atoms with Gasteiger partial charge in [0, 0.05) is 15.1 Å². The van der Waals surface area contributed by atoms with E-state index in [-0.39, 0.29) is 5.78 Å². The topological polar surface area (TPSA) is 26.3 Å². The highest BCUT2D eigenvalue weighted by molar-refractivity contribution is 9.10. The number of rotatable bonds is 3. The molecule has 0 spiro atoms. The quantitative estimate of drug-likeness (QED) is 0.761. The minimum absolute atomic E-state index is 0.105. The molecule has 0 N–H and O–H groups in total. The summed E-state index contributed by atoms with van der Waals surface area (Å²) >= 11 is 9.40.